The summed E-state index contributed by atoms with van der Waals surface area (Å²) in [6, 6.07) is 1.26. The highest BCUT2D eigenvalue weighted by Crippen LogP contribution is 2.28. The molecule has 0 bridgehead atoms. The van der Waals surface area contributed by atoms with E-state index in [9.17, 15) is 5.11 Å². The molecule has 2 nitrogen and oxygen atoms in total. The van der Waals surface area contributed by atoms with Crippen molar-refractivity contribution < 1.29 is 5.11 Å². The topological polar surface area (TPSA) is 32.3 Å². The summed E-state index contributed by atoms with van der Waals surface area (Å²) in [4.78, 5) is 0. The van der Waals surface area contributed by atoms with Crippen molar-refractivity contribution in [2.45, 2.75) is 70.1 Å². The number of aliphatic hydroxyl groups is 1. The van der Waals surface area contributed by atoms with E-state index < -0.39 is 0 Å². The Morgan fingerprint density at radius 3 is 2.36 bits per heavy atom. The Kier molecular flexibility index (Phi) is 3.45. The van der Waals surface area contributed by atoms with Crippen LogP contribution in [-0.4, -0.2) is 23.3 Å². The highest BCUT2D eigenvalue weighted by atomic mass is 16.3. The maximum atomic E-state index is 9.20. The third-order valence-corrected chi connectivity index (χ3v) is 3.97. The van der Waals surface area contributed by atoms with Crippen molar-refractivity contribution >= 4 is 0 Å². The molecule has 2 rings (SSSR count). The minimum Gasteiger partial charge on any atom is -0.393 e. The van der Waals surface area contributed by atoms with Crippen LogP contribution in [0.4, 0.5) is 0 Å². The van der Waals surface area contributed by atoms with Gasteiger partial charge in [-0.05, 0) is 38.5 Å². The average molecular weight is 197 g/mol. The highest BCUT2D eigenvalue weighted by Gasteiger charge is 2.30. The zero-order chi connectivity index (χ0) is 9.97. The Balaban J connectivity index is 1.69. The molecule has 2 saturated carbocycles. The summed E-state index contributed by atoms with van der Waals surface area (Å²) in [6.07, 6.45) is 9.01. The molecular weight excluding hydrogens is 174 g/mol. The molecule has 2 aliphatic rings. The first-order valence-corrected chi connectivity index (χ1v) is 6.20. The molecule has 2 aliphatic carbocycles. The molecule has 0 aromatic carbocycles. The second kappa shape index (κ2) is 4.63. The largest absolute Gasteiger partial charge is 0.393 e. The molecule has 1 unspecified atom stereocenters. The summed E-state index contributed by atoms with van der Waals surface area (Å²) >= 11 is 0. The summed E-state index contributed by atoms with van der Waals surface area (Å²) in [5, 5.41) is 12.9. The van der Waals surface area contributed by atoms with E-state index in [0.717, 1.165) is 18.8 Å². The molecule has 0 aromatic heterocycles. The Labute approximate surface area is 87.1 Å². The van der Waals surface area contributed by atoms with Crippen LogP contribution in [0.2, 0.25) is 0 Å². The number of hydrogen-bond donors (Lipinski definition) is 2. The minimum atomic E-state index is -0.0222. The van der Waals surface area contributed by atoms with Crippen LogP contribution in [0.5, 0.6) is 0 Å². The highest BCUT2D eigenvalue weighted by molar-refractivity contribution is 4.88. The molecule has 0 aliphatic heterocycles. The third kappa shape index (κ3) is 2.48. The van der Waals surface area contributed by atoms with Gasteiger partial charge in [0.1, 0.15) is 0 Å². The maximum Gasteiger partial charge on any atom is 0.0570 e. The summed E-state index contributed by atoms with van der Waals surface area (Å²) in [7, 11) is 0. The fourth-order valence-corrected chi connectivity index (χ4v) is 2.87. The molecule has 82 valence electrons. The van der Waals surface area contributed by atoms with E-state index in [0.29, 0.717) is 12.1 Å². The molecule has 0 amide bonds. The van der Waals surface area contributed by atoms with Crippen molar-refractivity contribution in [3.8, 4) is 0 Å². The van der Waals surface area contributed by atoms with Crippen LogP contribution in [0.1, 0.15) is 51.9 Å². The van der Waals surface area contributed by atoms with Crippen LogP contribution in [0.3, 0.4) is 0 Å². The molecule has 0 aromatic rings. The summed E-state index contributed by atoms with van der Waals surface area (Å²) in [5.41, 5.74) is 0. The number of hydrogen-bond acceptors (Lipinski definition) is 2. The lowest BCUT2D eigenvalue weighted by atomic mass is 9.82. The number of rotatable bonds is 3. The van der Waals surface area contributed by atoms with Crippen LogP contribution in [0.15, 0.2) is 0 Å². The summed E-state index contributed by atoms with van der Waals surface area (Å²) in [6.45, 7) is 2.32. The molecule has 0 heterocycles. The molecule has 2 fully saturated rings. The van der Waals surface area contributed by atoms with Crippen LogP contribution >= 0.6 is 0 Å². The van der Waals surface area contributed by atoms with E-state index in [4.69, 9.17) is 0 Å². The molecule has 1 atom stereocenters. The van der Waals surface area contributed by atoms with Crippen LogP contribution in [-0.2, 0) is 0 Å². The smallest absolute Gasteiger partial charge is 0.0570 e. The van der Waals surface area contributed by atoms with Gasteiger partial charge in [0.2, 0.25) is 0 Å². The standard InChI is InChI=1S/C12H23NO/c1-9(10-5-3-2-4-6-10)13-11-7-12(14)8-11/h9-14H,2-8H2,1H3. The van der Waals surface area contributed by atoms with Gasteiger partial charge in [-0.15, -0.1) is 0 Å². The fourth-order valence-electron chi connectivity index (χ4n) is 2.87. The first-order chi connectivity index (χ1) is 6.75. The zero-order valence-electron chi connectivity index (χ0n) is 9.21. The predicted octanol–water partition coefficient (Wildman–Crippen LogP) is 2.07. The second-order valence-electron chi connectivity index (χ2n) is 5.18. The molecule has 14 heavy (non-hydrogen) atoms. The lowest BCUT2D eigenvalue weighted by molar-refractivity contribution is 0.0534. The lowest BCUT2D eigenvalue weighted by Crippen LogP contribution is -2.49. The normalized spacial score (nSPS) is 36.4. The quantitative estimate of drug-likeness (QED) is 0.726. The molecule has 2 N–H and O–H groups in total. The Hall–Kier alpha value is -0.0800. The van der Waals surface area contributed by atoms with E-state index in [1.807, 2.05) is 0 Å². The van der Waals surface area contributed by atoms with Crippen LogP contribution in [0, 0.1) is 5.92 Å². The average Bonchev–Trinajstić information content (AvgIpc) is 2.17. The Morgan fingerprint density at radius 1 is 1.14 bits per heavy atom. The zero-order valence-corrected chi connectivity index (χ0v) is 9.21. The molecular formula is C12H23NO. The van der Waals surface area contributed by atoms with Crippen molar-refractivity contribution in [2.24, 2.45) is 5.92 Å². The molecule has 0 spiro atoms. The first-order valence-electron chi connectivity index (χ1n) is 6.20. The first kappa shape index (κ1) is 10.4. The minimum absolute atomic E-state index is 0.0222. The van der Waals surface area contributed by atoms with Gasteiger partial charge in [-0.1, -0.05) is 19.3 Å². The van der Waals surface area contributed by atoms with Crippen molar-refractivity contribution in [2.75, 3.05) is 0 Å². The SMILES string of the molecule is CC(NC1CC(O)C1)C1CCCCC1. The van der Waals surface area contributed by atoms with Crippen molar-refractivity contribution in [1.82, 2.24) is 5.32 Å². The second-order valence-corrected chi connectivity index (χ2v) is 5.18. The molecule has 0 saturated heterocycles. The van der Waals surface area contributed by atoms with Gasteiger partial charge in [-0.2, -0.15) is 0 Å². The van der Waals surface area contributed by atoms with Gasteiger partial charge in [0, 0.05) is 12.1 Å². The van der Waals surface area contributed by atoms with Gasteiger partial charge in [-0.3, -0.25) is 0 Å². The molecule has 2 heteroatoms. The fraction of sp³-hybridized carbons (Fsp3) is 1.00. The van der Waals surface area contributed by atoms with E-state index in [1.165, 1.54) is 32.1 Å². The van der Waals surface area contributed by atoms with Gasteiger partial charge in [0.25, 0.3) is 0 Å². The van der Waals surface area contributed by atoms with Crippen LogP contribution < -0.4 is 5.32 Å². The number of nitrogens with one attached hydrogen (secondary N) is 1. The van der Waals surface area contributed by atoms with E-state index in [-0.39, 0.29) is 6.10 Å². The predicted molar refractivity (Wildman–Crippen MR) is 58.2 cm³/mol. The number of aliphatic hydroxyl groups excluding tert-OH is 1. The van der Waals surface area contributed by atoms with Gasteiger partial charge >= 0.3 is 0 Å². The van der Waals surface area contributed by atoms with Gasteiger partial charge < -0.3 is 10.4 Å². The summed E-state index contributed by atoms with van der Waals surface area (Å²) in [5.74, 6) is 0.890. The lowest BCUT2D eigenvalue weighted by Gasteiger charge is -2.38. The monoisotopic (exact) mass is 197 g/mol. The van der Waals surface area contributed by atoms with E-state index >= 15 is 0 Å². The van der Waals surface area contributed by atoms with E-state index in [2.05, 4.69) is 12.2 Å². The van der Waals surface area contributed by atoms with Gasteiger partial charge in [-0.25, -0.2) is 0 Å². The van der Waals surface area contributed by atoms with Crippen molar-refractivity contribution in [1.29, 1.82) is 0 Å². The summed E-state index contributed by atoms with van der Waals surface area (Å²) < 4.78 is 0. The van der Waals surface area contributed by atoms with Gasteiger partial charge in [0.15, 0.2) is 0 Å². The molecule has 0 radical (unpaired) electrons. The Bertz CT molecular complexity index is 171. The van der Waals surface area contributed by atoms with Crippen molar-refractivity contribution in [3.63, 3.8) is 0 Å². The maximum absolute atomic E-state index is 9.20. The van der Waals surface area contributed by atoms with E-state index in [1.54, 1.807) is 0 Å². The van der Waals surface area contributed by atoms with Gasteiger partial charge in [0.05, 0.1) is 6.10 Å². The van der Waals surface area contributed by atoms with Crippen LogP contribution in [0.25, 0.3) is 0 Å². The third-order valence-electron chi connectivity index (χ3n) is 3.97. The van der Waals surface area contributed by atoms with Crippen molar-refractivity contribution in [3.05, 3.63) is 0 Å². The Morgan fingerprint density at radius 2 is 1.79 bits per heavy atom.